The molecule has 0 fully saturated rings. The first-order chi connectivity index (χ1) is 15.0. The third-order valence-corrected chi connectivity index (χ3v) is 4.90. The smallest absolute Gasteiger partial charge is 0.338 e. The van der Waals surface area contributed by atoms with Gasteiger partial charge in [-0.25, -0.2) is 9.48 Å². The average Bonchev–Trinajstić information content (AvgIpc) is 3.22. The van der Waals surface area contributed by atoms with Crippen molar-refractivity contribution >= 4 is 23.5 Å². The number of aromatic hydroxyl groups is 1. The van der Waals surface area contributed by atoms with Crippen molar-refractivity contribution in [3.8, 4) is 5.75 Å². The second kappa shape index (κ2) is 8.31. The normalized spacial score (nSPS) is 15.1. The summed E-state index contributed by atoms with van der Waals surface area (Å²) >= 11 is 0. The van der Waals surface area contributed by atoms with Gasteiger partial charge >= 0.3 is 5.97 Å². The van der Waals surface area contributed by atoms with E-state index < -0.39 is 12.0 Å². The van der Waals surface area contributed by atoms with Gasteiger partial charge in [0.15, 0.2) is 0 Å². The third kappa shape index (κ3) is 3.97. The predicted molar refractivity (Wildman–Crippen MR) is 114 cm³/mol. The predicted octanol–water partition coefficient (Wildman–Crippen LogP) is 3.09. The minimum Gasteiger partial charge on any atom is -0.508 e. The molecule has 9 heteroatoms. The molecule has 0 saturated carbocycles. The molecule has 1 aliphatic heterocycles. The summed E-state index contributed by atoms with van der Waals surface area (Å²) in [5, 5.41) is 19.9. The molecule has 9 nitrogen and oxygen atoms in total. The van der Waals surface area contributed by atoms with Gasteiger partial charge in [-0.1, -0.05) is 12.1 Å². The molecule has 1 atom stereocenters. The number of phenolic OH excluding ortho intramolecular Hbond substituents is 1. The van der Waals surface area contributed by atoms with E-state index in [4.69, 9.17) is 4.74 Å². The number of esters is 1. The lowest BCUT2D eigenvalue weighted by Gasteiger charge is -2.28. The average molecular weight is 419 g/mol. The van der Waals surface area contributed by atoms with Gasteiger partial charge in [-0.2, -0.15) is 10.1 Å². The van der Waals surface area contributed by atoms with Gasteiger partial charge in [0.2, 0.25) is 5.95 Å². The minimum atomic E-state index is -0.529. The molecule has 0 aliphatic carbocycles. The first-order valence-corrected chi connectivity index (χ1v) is 9.72. The molecular weight excluding hydrogens is 398 g/mol. The second-order valence-corrected chi connectivity index (χ2v) is 6.94. The summed E-state index contributed by atoms with van der Waals surface area (Å²) in [4.78, 5) is 29.3. The number of benzene rings is 2. The second-order valence-electron chi connectivity index (χ2n) is 6.94. The molecule has 1 aliphatic rings. The maximum Gasteiger partial charge on any atom is 0.338 e. The molecule has 0 saturated heterocycles. The Bertz CT molecular complexity index is 1150. The standard InChI is InChI=1S/C22H21N5O4/c1-3-31-21(30)15-4-8-16(9-5-15)26-20(29)18-13(2)25-22-23-12-24-27(22)19(18)14-6-10-17(28)11-7-14/h4-12,19,28H,3H2,1-2H3,(H,26,29)(H,23,24,25)/t19-/m0/s1. The number of hydrogen-bond acceptors (Lipinski definition) is 7. The van der Waals surface area contributed by atoms with Gasteiger partial charge in [0, 0.05) is 11.4 Å². The van der Waals surface area contributed by atoms with Crippen molar-refractivity contribution in [2.24, 2.45) is 0 Å². The van der Waals surface area contributed by atoms with Crippen molar-refractivity contribution in [1.29, 1.82) is 0 Å². The lowest BCUT2D eigenvalue weighted by Crippen LogP contribution is -2.31. The van der Waals surface area contributed by atoms with Crippen LogP contribution in [0.1, 0.15) is 35.8 Å². The summed E-state index contributed by atoms with van der Waals surface area (Å²) in [5.74, 6) is -0.0922. The number of nitrogens with zero attached hydrogens (tertiary/aromatic N) is 3. The zero-order chi connectivity index (χ0) is 22.0. The highest BCUT2D eigenvalue weighted by atomic mass is 16.5. The number of ether oxygens (including phenoxy) is 1. The van der Waals surface area contributed by atoms with E-state index >= 15 is 0 Å². The Morgan fingerprint density at radius 3 is 2.55 bits per heavy atom. The van der Waals surface area contributed by atoms with Crippen LogP contribution >= 0.6 is 0 Å². The molecular formula is C22H21N5O4. The molecule has 31 heavy (non-hydrogen) atoms. The lowest BCUT2D eigenvalue weighted by atomic mass is 9.95. The van der Waals surface area contributed by atoms with Crippen LogP contribution in [0.5, 0.6) is 5.75 Å². The van der Waals surface area contributed by atoms with E-state index in [9.17, 15) is 14.7 Å². The van der Waals surface area contributed by atoms with E-state index in [2.05, 4.69) is 20.7 Å². The summed E-state index contributed by atoms with van der Waals surface area (Å²) in [6, 6.07) is 12.6. The molecule has 0 bridgehead atoms. The fourth-order valence-corrected chi connectivity index (χ4v) is 3.45. The molecule has 1 aromatic heterocycles. The minimum absolute atomic E-state index is 0.130. The molecule has 4 rings (SSSR count). The summed E-state index contributed by atoms with van der Waals surface area (Å²) < 4.78 is 6.60. The highest BCUT2D eigenvalue weighted by Crippen LogP contribution is 2.35. The fraction of sp³-hybridized carbons (Fsp3) is 0.182. The van der Waals surface area contributed by atoms with Crippen LogP contribution in [0.25, 0.3) is 0 Å². The van der Waals surface area contributed by atoms with Crippen LogP contribution in [0.3, 0.4) is 0 Å². The number of phenols is 1. The molecule has 0 radical (unpaired) electrons. The summed E-state index contributed by atoms with van der Waals surface area (Å²) in [6.07, 6.45) is 1.41. The molecule has 3 aromatic rings. The van der Waals surface area contributed by atoms with Crippen molar-refractivity contribution in [2.45, 2.75) is 19.9 Å². The Hall–Kier alpha value is -4.14. The number of aromatic nitrogens is 3. The van der Waals surface area contributed by atoms with Crippen molar-refractivity contribution in [3.05, 3.63) is 77.3 Å². The van der Waals surface area contributed by atoms with Gasteiger partial charge in [0.1, 0.15) is 18.1 Å². The number of hydrogen-bond donors (Lipinski definition) is 3. The van der Waals surface area contributed by atoms with Crippen molar-refractivity contribution in [1.82, 2.24) is 14.8 Å². The highest BCUT2D eigenvalue weighted by Gasteiger charge is 2.33. The van der Waals surface area contributed by atoms with Crippen LogP contribution in [0.2, 0.25) is 0 Å². The summed E-state index contributed by atoms with van der Waals surface area (Å²) in [6.45, 7) is 3.83. The van der Waals surface area contributed by atoms with Crippen LogP contribution in [0, 0.1) is 0 Å². The number of carbonyl (C=O) groups excluding carboxylic acids is 2. The van der Waals surface area contributed by atoms with Gasteiger partial charge in [-0.15, -0.1) is 0 Å². The molecule has 0 unspecified atom stereocenters. The first kappa shape index (κ1) is 20.1. The largest absolute Gasteiger partial charge is 0.508 e. The molecule has 158 valence electrons. The van der Waals surface area contributed by atoms with Crippen LogP contribution in [0.15, 0.2) is 66.1 Å². The van der Waals surface area contributed by atoms with Crippen molar-refractivity contribution < 1.29 is 19.4 Å². The van der Waals surface area contributed by atoms with Gasteiger partial charge in [-0.05, 0) is 55.8 Å². The van der Waals surface area contributed by atoms with Gasteiger partial charge in [0.05, 0.1) is 17.7 Å². The molecule has 3 N–H and O–H groups in total. The van der Waals surface area contributed by atoms with Crippen LogP contribution in [-0.2, 0) is 9.53 Å². The molecule has 0 spiro atoms. The van der Waals surface area contributed by atoms with Gasteiger partial charge < -0.3 is 20.5 Å². The fourth-order valence-electron chi connectivity index (χ4n) is 3.45. The van der Waals surface area contributed by atoms with Gasteiger partial charge in [-0.3, -0.25) is 4.79 Å². The van der Waals surface area contributed by atoms with E-state index in [1.54, 1.807) is 67.1 Å². The molecule has 2 heterocycles. The van der Waals surface area contributed by atoms with Crippen molar-refractivity contribution in [3.63, 3.8) is 0 Å². The van der Waals surface area contributed by atoms with Crippen LogP contribution in [0.4, 0.5) is 11.6 Å². The summed E-state index contributed by atoms with van der Waals surface area (Å²) in [7, 11) is 0. The van der Waals surface area contributed by atoms with Crippen molar-refractivity contribution in [2.75, 3.05) is 17.2 Å². The summed E-state index contributed by atoms with van der Waals surface area (Å²) in [5.41, 5.74) is 2.81. The maximum absolute atomic E-state index is 13.3. The van der Waals surface area contributed by atoms with E-state index in [1.807, 2.05) is 0 Å². The number of anilines is 2. The van der Waals surface area contributed by atoms with E-state index in [0.717, 1.165) is 5.56 Å². The van der Waals surface area contributed by atoms with E-state index in [0.29, 0.717) is 35.1 Å². The monoisotopic (exact) mass is 419 g/mol. The first-order valence-electron chi connectivity index (χ1n) is 9.72. The van der Waals surface area contributed by atoms with E-state index in [-0.39, 0.29) is 11.7 Å². The number of fused-ring (bicyclic) bond motifs is 1. The maximum atomic E-state index is 13.3. The Morgan fingerprint density at radius 1 is 1.16 bits per heavy atom. The Balaban J connectivity index is 1.63. The number of carbonyl (C=O) groups is 2. The topological polar surface area (TPSA) is 118 Å². The third-order valence-electron chi connectivity index (χ3n) is 4.90. The number of allylic oxidation sites excluding steroid dienone is 1. The number of rotatable bonds is 5. The Kier molecular flexibility index (Phi) is 5.40. The quantitative estimate of drug-likeness (QED) is 0.544. The van der Waals surface area contributed by atoms with Crippen LogP contribution < -0.4 is 10.6 Å². The zero-order valence-corrected chi connectivity index (χ0v) is 17.0. The van der Waals surface area contributed by atoms with Gasteiger partial charge in [0.25, 0.3) is 5.91 Å². The Labute approximate surface area is 178 Å². The van der Waals surface area contributed by atoms with E-state index in [1.165, 1.54) is 6.33 Å². The molecule has 1 amide bonds. The molecule has 2 aromatic carbocycles. The SMILES string of the molecule is CCOC(=O)c1ccc(NC(=O)C2=C(C)Nc3ncnn3[C@H]2c2ccc(O)cc2)cc1. The Morgan fingerprint density at radius 2 is 1.87 bits per heavy atom. The number of nitrogens with one attached hydrogen (secondary N) is 2. The number of amides is 1. The highest BCUT2D eigenvalue weighted by molar-refractivity contribution is 6.06. The van der Waals surface area contributed by atoms with Crippen LogP contribution in [-0.4, -0.2) is 38.4 Å². The lowest BCUT2D eigenvalue weighted by molar-refractivity contribution is -0.113. The zero-order valence-electron chi connectivity index (χ0n) is 17.0.